The van der Waals surface area contributed by atoms with Crippen molar-refractivity contribution in [2.45, 2.75) is 32.6 Å². The molecule has 0 atom stereocenters. The minimum atomic E-state index is -0.0276. The summed E-state index contributed by atoms with van der Waals surface area (Å²) in [5.41, 5.74) is 4.09. The van der Waals surface area contributed by atoms with E-state index in [9.17, 15) is 4.79 Å². The molecule has 0 radical (unpaired) electrons. The zero-order chi connectivity index (χ0) is 17.4. The molecule has 3 aromatic rings. The average Bonchev–Trinajstić information content (AvgIpc) is 3.06. The number of amides is 1. The molecule has 1 aliphatic heterocycles. The number of piperidine rings is 1. The first-order valence-electron chi connectivity index (χ1n) is 8.51. The number of aryl methyl sites for hydroxylation is 2. The zero-order valence-electron chi connectivity index (χ0n) is 14.4. The lowest BCUT2D eigenvalue weighted by Crippen LogP contribution is -2.38. The Kier molecular flexibility index (Phi) is 3.91. The Morgan fingerprint density at radius 3 is 2.68 bits per heavy atom. The van der Waals surface area contributed by atoms with E-state index in [1.54, 1.807) is 23.0 Å². The van der Waals surface area contributed by atoms with Gasteiger partial charge in [-0.3, -0.25) is 14.8 Å². The van der Waals surface area contributed by atoms with Crippen molar-refractivity contribution in [1.82, 2.24) is 29.5 Å². The number of likely N-dealkylation sites (tertiary alicyclic amines) is 1. The summed E-state index contributed by atoms with van der Waals surface area (Å²) >= 11 is 0. The summed E-state index contributed by atoms with van der Waals surface area (Å²) in [5, 5.41) is 4.45. The molecular formula is C18H20N6O. The second kappa shape index (κ2) is 6.23. The predicted molar refractivity (Wildman–Crippen MR) is 92.4 cm³/mol. The Hall–Kier alpha value is -2.83. The van der Waals surface area contributed by atoms with Gasteiger partial charge in [-0.15, -0.1) is 0 Å². The lowest BCUT2D eigenvalue weighted by atomic mass is 9.93. The Bertz CT molecular complexity index is 912. The number of aromatic nitrogens is 5. The van der Waals surface area contributed by atoms with Crippen molar-refractivity contribution < 1.29 is 4.79 Å². The van der Waals surface area contributed by atoms with E-state index in [4.69, 9.17) is 0 Å². The molecule has 25 heavy (non-hydrogen) atoms. The second-order valence-corrected chi connectivity index (χ2v) is 6.54. The SMILES string of the molecule is Cc1cc(C)n2nc(C(=O)N3CCC(c4cnccn4)CC3)cc2n1. The van der Waals surface area contributed by atoms with E-state index in [0.29, 0.717) is 24.7 Å². The standard InChI is InChI=1S/C18H20N6O/c1-12-9-13(2)24-17(21-12)10-15(22-24)18(25)23-7-3-14(4-8-23)16-11-19-5-6-20-16/h5-6,9-11,14H,3-4,7-8H2,1-2H3. The van der Waals surface area contributed by atoms with Gasteiger partial charge >= 0.3 is 0 Å². The molecule has 0 spiro atoms. The molecule has 0 aliphatic carbocycles. The molecule has 3 aromatic heterocycles. The minimum absolute atomic E-state index is 0.0276. The summed E-state index contributed by atoms with van der Waals surface area (Å²) in [7, 11) is 0. The van der Waals surface area contributed by atoms with E-state index in [2.05, 4.69) is 20.1 Å². The van der Waals surface area contributed by atoms with Crippen LogP contribution in [-0.4, -0.2) is 48.5 Å². The van der Waals surface area contributed by atoms with Gasteiger partial charge in [0.05, 0.1) is 5.69 Å². The Morgan fingerprint density at radius 1 is 1.16 bits per heavy atom. The van der Waals surface area contributed by atoms with Crippen LogP contribution in [0.4, 0.5) is 0 Å². The fourth-order valence-corrected chi connectivity index (χ4v) is 3.45. The van der Waals surface area contributed by atoms with Gasteiger partial charge in [-0.1, -0.05) is 0 Å². The van der Waals surface area contributed by atoms with Gasteiger partial charge in [0.25, 0.3) is 5.91 Å². The monoisotopic (exact) mass is 336 g/mol. The normalized spacial score (nSPS) is 15.7. The number of hydrogen-bond donors (Lipinski definition) is 0. The Balaban J connectivity index is 1.50. The molecule has 0 aromatic carbocycles. The first-order chi connectivity index (χ1) is 12.1. The van der Waals surface area contributed by atoms with Crippen LogP contribution in [0.25, 0.3) is 5.65 Å². The van der Waals surface area contributed by atoms with E-state index in [-0.39, 0.29) is 5.91 Å². The fourth-order valence-electron chi connectivity index (χ4n) is 3.45. The molecule has 7 nitrogen and oxygen atoms in total. The number of hydrogen-bond acceptors (Lipinski definition) is 5. The first kappa shape index (κ1) is 15.7. The summed E-state index contributed by atoms with van der Waals surface area (Å²) in [6.45, 7) is 5.33. The van der Waals surface area contributed by atoms with E-state index in [1.165, 1.54) is 0 Å². The second-order valence-electron chi connectivity index (χ2n) is 6.54. The highest BCUT2D eigenvalue weighted by molar-refractivity contribution is 5.93. The van der Waals surface area contributed by atoms with Gasteiger partial charge in [-0.2, -0.15) is 5.10 Å². The molecule has 7 heteroatoms. The van der Waals surface area contributed by atoms with E-state index in [1.807, 2.05) is 31.0 Å². The summed E-state index contributed by atoms with van der Waals surface area (Å²) < 4.78 is 1.73. The highest BCUT2D eigenvalue weighted by atomic mass is 16.2. The van der Waals surface area contributed by atoms with Gasteiger partial charge in [-0.05, 0) is 32.8 Å². The lowest BCUT2D eigenvalue weighted by Gasteiger charge is -2.31. The van der Waals surface area contributed by atoms with Gasteiger partial charge < -0.3 is 4.90 Å². The third-order valence-corrected chi connectivity index (χ3v) is 4.74. The van der Waals surface area contributed by atoms with Gasteiger partial charge in [0.15, 0.2) is 11.3 Å². The maximum Gasteiger partial charge on any atom is 0.274 e. The number of rotatable bonds is 2. The van der Waals surface area contributed by atoms with E-state index in [0.717, 1.165) is 35.6 Å². The van der Waals surface area contributed by atoms with Crippen LogP contribution in [0.3, 0.4) is 0 Å². The van der Waals surface area contributed by atoms with Crippen molar-refractivity contribution in [2.75, 3.05) is 13.1 Å². The molecule has 4 rings (SSSR count). The summed E-state index contributed by atoms with van der Waals surface area (Å²) in [6.07, 6.45) is 7.02. The zero-order valence-corrected chi connectivity index (χ0v) is 14.4. The van der Waals surface area contributed by atoms with Gasteiger partial charge in [0.1, 0.15) is 0 Å². The molecule has 128 valence electrons. The van der Waals surface area contributed by atoms with Crippen LogP contribution < -0.4 is 0 Å². The van der Waals surface area contributed by atoms with Crippen molar-refractivity contribution in [1.29, 1.82) is 0 Å². The molecular weight excluding hydrogens is 316 g/mol. The Labute approximate surface area is 145 Å². The lowest BCUT2D eigenvalue weighted by molar-refractivity contribution is 0.0705. The van der Waals surface area contributed by atoms with Crippen molar-refractivity contribution in [3.05, 3.63) is 53.5 Å². The van der Waals surface area contributed by atoms with Crippen molar-refractivity contribution in [3.8, 4) is 0 Å². The average molecular weight is 336 g/mol. The van der Waals surface area contributed by atoms with Crippen LogP contribution in [0.2, 0.25) is 0 Å². The minimum Gasteiger partial charge on any atom is -0.337 e. The molecule has 0 N–H and O–H groups in total. The first-order valence-corrected chi connectivity index (χ1v) is 8.51. The number of carbonyl (C=O) groups excluding carboxylic acids is 1. The summed E-state index contributed by atoms with van der Waals surface area (Å²) in [4.78, 5) is 27.7. The van der Waals surface area contributed by atoms with Gasteiger partial charge in [-0.25, -0.2) is 9.50 Å². The van der Waals surface area contributed by atoms with Crippen molar-refractivity contribution in [2.24, 2.45) is 0 Å². The summed E-state index contributed by atoms with van der Waals surface area (Å²) in [5.74, 6) is 0.338. The molecule has 1 fully saturated rings. The van der Waals surface area contributed by atoms with Crippen LogP contribution >= 0.6 is 0 Å². The number of fused-ring (bicyclic) bond motifs is 1. The van der Waals surface area contributed by atoms with Gasteiger partial charge in [0.2, 0.25) is 0 Å². The van der Waals surface area contributed by atoms with Gasteiger partial charge in [0, 0.05) is 55.1 Å². The van der Waals surface area contributed by atoms with Crippen LogP contribution in [0.15, 0.2) is 30.7 Å². The molecule has 0 saturated carbocycles. The molecule has 0 unspecified atom stereocenters. The summed E-state index contributed by atoms with van der Waals surface area (Å²) in [6, 6.07) is 3.73. The van der Waals surface area contributed by atoms with Crippen LogP contribution in [0, 0.1) is 13.8 Å². The maximum absolute atomic E-state index is 12.8. The molecule has 1 saturated heterocycles. The highest BCUT2D eigenvalue weighted by Crippen LogP contribution is 2.26. The fraction of sp³-hybridized carbons (Fsp3) is 0.389. The quantitative estimate of drug-likeness (QED) is 0.717. The number of carbonyl (C=O) groups is 1. The van der Waals surface area contributed by atoms with Crippen molar-refractivity contribution in [3.63, 3.8) is 0 Å². The smallest absolute Gasteiger partial charge is 0.274 e. The molecule has 1 aliphatic rings. The Morgan fingerprint density at radius 2 is 1.96 bits per heavy atom. The van der Waals surface area contributed by atoms with E-state index >= 15 is 0 Å². The van der Waals surface area contributed by atoms with Crippen LogP contribution in [0.5, 0.6) is 0 Å². The van der Waals surface area contributed by atoms with E-state index < -0.39 is 0 Å². The largest absolute Gasteiger partial charge is 0.337 e. The topological polar surface area (TPSA) is 76.3 Å². The molecule has 1 amide bonds. The molecule has 0 bridgehead atoms. The third-order valence-electron chi connectivity index (χ3n) is 4.74. The number of nitrogens with zero attached hydrogens (tertiary/aromatic N) is 6. The highest BCUT2D eigenvalue weighted by Gasteiger charge is 2.27. The van der Waals surface area contributed by atoms with Crippen LogP contribution in [-0.2, 0) is 0 Å². The third kappa shape index (κ3) is 2.97. The maximum atomic E-state index is 12.8. The molecule has 4 heterocycles. The van der Waals surface area contributed by atoms with Crippen LogP contribution in [0.1, 0.15) is 46.3 Å². The predicted octanol–water partition coefficient (Wildman–Crippen LogP) is 2.16. The van der Waals surface area contributed by atoms with Crippen molar-refractivity contribution >= 4 is 11.6 Å².